The Labute approximate surface area is 188 Å². The summed E-state index contributed by atoms with van der Waals surface area (Å²) >= 11 is 0. The fourth-order valence-electron chi connectivity index (χ4n) is 4.63. The van der Waals surface area contributed by atoms with Crippen LogP contribution in [-0.2, 0) is 4.74 Å². The molecule has 1 saturated heterocycles. The van der Waals surface area contributed by atoms with E-state index in [4.69, 9.17) is 10.5 Å². The van der Waals surface area contributed by atoms with Crippen molar-refractivity contribution in [3.05, 3.63) is 48.0 Å². The van der Waals surface area contributed by atoms with Gasteiger partial charge in [-0.2, -0.15) is 4.98 Å². The van der Waals surface area contributed by atoms with Gasteiger partial charge >= 0.3 is 0 Å². The molecule has 7 heteroatoms. The Balaban J connectivity index is 1.41. The molecule has 2 fully saturated rings. The number of carbonyl (C=O) groups is 1. The van der Waals surface area contributed by atoms with Crippen molar-refractivity contribution >= 4 is 28.6 Å². The summed E-state index contributed by atoms with van der Waals surface area (Å²) in [6.45, 7) is 2.49. The van der Waals surface area contributed by atoms with Crippen molar-refractivity contribution in [1.29, 1.82) is 0 Å². The lowest BCUT2D eigenvalue weighted by atomic mass is 9.95. The molecule has 1 amide bonds. The molecule has 166 valence electrons. The van der Waals surface area contributed by atoms with E-state index in [0.717, 1.165) is 40.7 Å². The van der Waals surface area contributed by atoms with E-state index in [1.54, 1.807) is 0 Å². The second-order valence-electron chi connectivity index (χ2n) is 8.62. The fourth-order valence-corrected chi connectivity index (χ4v) is 4.63. The SMILES string of the molecule is Nc1nc(NC2CCCCC2)c2cc(-c3ccc(C(=O)N4CCOCC4)cc3)ccc2n1. The van der Waals surface area contributed by atoms with E-state index in [1.807, 2.05) is 41.3 Å². The van der Waals surface area contributed by atoms with Crippen LogP contribution >= 0.6 is 0 Å². The third-order valence-corrected chi connectivity index (χ3v) is 6.42. The number of hydrogen-bond acceptors (Lipinski definition) is 6. The summed E-state index contributed by atoms with van der Waals surface area (Å²) in [6.07, 6.45) is 6.11. The molecule has 0 bridgehead atoms. The van der Waals surface area contributed by atoms with Crippen LogP contribution in [0.15, 0.2) is 42.5 Å². The van der Waals surface area contributed by atoms with Crippen molar-refractivity contribution < 1.29 is 9.53 Å². The van der Waals surface area contributed by atoms with Gasteiger partial charge in [0.05, 0.1) is 18.7 Å². The summed E-state index contributed by atoms with van der Waals surface area (Å²) < 4.78 is 5.35. The van der Waals surface area contributed by atoms with Gasteiger partial charge < -0.3 is 20.7 Å². The lowest BCUT2D eigenvalue weighted by molar-refractivity contribution is 0.0303. The number of benzene rings is 2. The molecule has 3 aromatic rings. The molecule has 2 heterocycles. The monoisotopic (exact) mass is 431 g/mol. The highest BCUT2D eigenvalue weighted by molar-refractivity contribution is 5.96. The van der Waals surface area contributed by atoms with Crippen molar-refractivity contribution in [2.75, 3.05) is 37.4 Å². The van der Waals surface area contributed by atoms with Crippen molar-refractivity contribution in [1.82, 2.24) is 14.9 Å². The number of nitrogens with two attached hydrogens (primary N) is 1. The Morgan fingerprint density at radius 2 is 1.69 bits per heavy atom. The van der Waals surface area contributed by atoms with E-state index in [2.05, 4.69) is 21.4 Å². The highest BCUT2D eigenvalue weighted by atomic mass is 16.5. The average Bonchev–Trinajstić information content (AvgIpc) is 2.85. The van der Waals surface area contributed by atoms with Crippen LogP contribution in [0, 0.1) is 0 Å². The highest BCUT2D eigenvalue weighted by Crippen LogP contribution is 2.30. The van der Waals surface area contributed by atoms with E-state index >= 15 is 0 Å². The van der Waals surface area contributed by atoms with Gasteiger partial charge in [0, 0.05) is 30.1 Å². The number of amides is 1. The fraction of sp³-hybridized carbons (Fsp3) is 0.400. The minimum atomic E-state index is 0.0567. The quantitative estimate of drug-likeness (QED) is 0.646. The zero-order valence-corrected chi connectivity index (χ0v) is 18.2. The Morgan fingerprint density at radius 3 is 2.44 bits per heavy atom. The minimum Gasteiger partial charge on any atom is -0.378 e. The number of nitrogen functional groups attached to an aromatic ring is 1. The van der Waals surface area contributed by atoms with Crippen molar-refractivity contribution in [2.45, 2.75) is 38.1 Å². The van der Waals surface area contributed by atoms with Gasteiger partial charge in [0.15, 0.2) is 0 Å². The largest absolute Gasteiger partial charge is 0.378 e. The predicted molar refractivity (Wildman–Crippen MR) is 127 cm³/mol. The van der Waals surface area contributed by atoms with Crippen LogP contribution in [0.5, 0.6) is 0 Å². The molecule has 32 heavy (non-hydrogen) atoms. The third kappa shape index (κ3) is 4.39. The normalized spacial score (nSPS) is 17.4. The average molecular weight is 432 g/mol. The Kier molecular flexibility index (Phi) is 5.90. The first kappa shape index (κ1) is 20.7. The predicted octanol–water partition coefficient (Wildman–Crippen LogP) is 4.10. The lowest BCUT2D eigenvalue weighted by Crippen LogP contribution is -2.40. The maximum Gasteiger partial charge on any atom is 0.254 e. The summed E-state index contributed by atoms with van der Waals surface area (Å²) in [7, 11) is 0. The Bertz CT molecular complexity index is 1100. The molecule has 7 nitrogen and oxygen atoms in total. The van der Waals surface area contributed by atoms with Crippen LogP contribution in [0.1, 0.15) is 42.5 Å². The Morgan fingerprint density at radius 1 is 0.969 bits per heavy atom. The van der Waals surface area contributed by atoms with Gasteiger partial charge in [-0.25, -0.2) is 4.98 Å². The number of fused-ring (bicyclic) bond motifs is 1. The number of nitrogens with one attached hydrogen (secondary N) is 1. The van der Waals surface area contributed by atoms with Gasteiger partial charge in [-0.05, 0) is 48.2 Å². The Hall–Kier alpha value is -3.19. The van der Waals surface area contributed by atoms with Crippen LogP contribution in [0.25, 0.3) is 22.0 Å². The summed E-state index contributed by atoms with van der Waals surface area (Å²) in [5.41, 5.74) is 9.62. The third-order valence-electron chi connectivity index (χ3n) is 6.42. The smallest absolute Gasteiger partial charge is 0.254 e. The highest BCUT2D eigenvalue weighted by Gasteiger charge is 2.19. The number of anilines is 2. The first-order valence-electron chi connectivity index (χ1n) is 11.5. The van der Waals surface area contributed by atoms with Gasteiger partial charge in [0.1, 0.15) is 5.82 Å². The van der Waals surface area contributed by atoms with Crippen LogP contribution in [-0.4, -0.2) is 53.1 Å². The summed E-state index contributed by atoms with van der Waals surface area (Å²) in [6, 6.07) is 14.4. The van der Waals surface area contributed by atoms with E-state index in [1.165, 1.54) is 19.3 Å². The second kappa shape index (κ2) is 9.12. The molecule has 1 aliphatic carbocycles. The first-order chi connectivity index (χ1) is 15.7. The van der Waals surface area contributed by atoms with Gasteiger partial charge in [0.25, 0.3) is 5.91 Å². The molecule has 0 spiro atoms. The molecule has 0 unspecified atom stereocenters. The number of morpholine rings is 1. The van der Waals surface area contributed by atoms with Gasteiger partial charge in [0.2, 0.25) is 5.95 Å². The van der Waals surface area contributed by atoms with Gasteiger partial charge in [-0.15, -0.1) is 0 Å². The molecule has 2 aromatic carbocycles. The summed E-state index contributed by atoms with van der Waals surface area (Å²) in [5, 5.41) is 4.58. The van der Waals surface area contributed by atoms with E-state index in [0.29, 0.717) is 37.9 Å². The minimum absolute atomic E-state index is 0.0567. The van der Waals surface area contributed by atoms with Gasteiger partial charge in [-0.1, -0.05) is 37.5 Å². The molecule has 3 N–H and O–H groups in total. The molecule has 5 rings (SSSR count). The lowest BCUT2D eigenvalue weighted by Gasteiger charge is -2.26. The zero-order chi connectivity index (χ0) is 21.9. The van der Waals surface area contributed by atoms with Crippen molar-refractivity contribution in [3.63, 3.8) is 0 Å². The maximum atomic E-state index is 12.7. The number of aromatic nitrogens is 2. The molecule has 0 atom stereocenters. The number of nitrogens with zero attached hydrogens (tertiary/aromatic N) is 3. The van der Waals surface area contributed by atoms with E-state index < -0.39 is 0 Å². The van der Waals surface area contributed by atoms with E-state index in [-0.39, 0.29) is 11.9 Å². The zero-order valence-electron chi connectivity index (χ0n) is 18.2. The second-order valence-corrected chi connectivity index (χ2v) is 8.62. The maximum absolute atomic E-state index is 12.7. The number of carbonyl (C=O) groups excluding carboxylic acids is 1. The molecular weight excluding hydrogens is 402 g/mol. The van der Waals surface area contributed by atoms with Crippen molar-refractivity contribution in [3.8, 4) is 11.1 Å². The van der Waals surface area contributed by atoms with E-state index in [9.17, 15) is 4.79 Å². The van der Waals surface area contributed by atoms with Crippen LogP contribution in [0.3, 0.4) is 0 Å². The summed E-state index contributed by atoms with van der Waals surface area (Å²) in [4.78, 5) is 23.5. The number of hydrogen-bond donors (Lipinski definition) is 2. The molecule has 1 aromatic heterocycles. The van der Waals surface area contributed by atoms with Crippen LogP contribution in [0.4, 0.5) is 11.8 Å². The van der Waals surface area contributed by atoms with Gasteiger partial charge in [-0.3, -0.25) is 4.79 Å². The standard InChI is InChI=1S/C25H29N5O2/c26-25-28-22-11-10-19(16-21(22)23(29-25)27-20-4-2-1-3-5-20)17-6-8-18(9-7-17)24(31)30-12-14-32-15-13-30/h6-11,16,20H,1-5,12-15H2,(H3,26,27,28,29). The van der Waals surface area contributed by atoms with Crippen LogP contribution < -0.4 is 11.1 Å². The van der Waals surface area contributed by atoms with Crippen LogP contribution in [0.2, 0.25) is 0 Å². The molecular formula is C25H29N5O2. The number of ether oxygens (including phenoxy) is 1. The first-order valence-corrected chi connectivity index (χ1v) is 11.5. The molecule has 2 aliphatic rings. The topological polar surface area (TPSA) is 93.4 Å². The summed E-state index contributed by atoms with van der Waals surface area (Å²) in [5.74, 6) is 1.15. The number of rotatable bonds is 4. The van der Waals surface area contributed by atoms with Crippen molar-refractivity contribution in [2.24, 2.45) is 0 Å². The molecule has 0 radical (unpaired) electrons. The molecule has 1 saturated carbocycles. The molecule has 1 aliphatic heterocycles.